The Morgan fingerprint density at radius 3 is 2.57 bits per heavy atom. The lowest BCUT2D eigenvalue weighted by Gasteiger charge is -2.26. The average molecular weight is 400 g/mol. The molecule has 2 aromatic carbocycles. The summed E-state index contributed by atoms with van der Waals surface area (Å²) >= 11 is 0. The van der Waals surface area contributed by atoms with Crippen LogP contribution in [0.2, 0.25) is 0 Å². The predicted molar refractivity (Wildman–Crippen MR) is 115 cm³/mol. The van der Waals surface area contributed by atoms with E-state index in [-0.39, 0.29) is 0 Å². The number of hydrogen-bond donors (Lipinski definition) is 2. The third-order valence-corrected chi connectivity index (χ3v) is 6.42. The van der Waals surface area contributed by atoms with Gasteiger partial charge in [0.1, 0.15) is 0 Å². The lowest BCUT2D eigenvalue weighted by Crippen LogP contribution is -2.40. The summed E-state index contributed by atoms with van der Waals surface area (Å²) in [5.41, 5.74) is 4.03. The molecule has 150 valence electrons. The van der Waals surface area contributed by atoms with Crippen molar-refractivity contribution in [1.29, 1.82) is 0 Å². The Bertz CT molecular complexity index is 921. The second-order valence-electron chi connectivity index (χ2n) is 7.33. The smallest absolute Gasteiger partial charge is 0.191 e. The molecule has 1 aliphatic rings. The van der Waals surface area contributed by atoms with Crippen molar-refractivity contribution in [3.63, 3.8) is 0 Å². The molecule has 0 amide bonds. The molecular weight excluding hydrogens is 370 g/mol. The molecule has 3 rings (SSSR count). The zero-order valence-corrected chi connectivity index (χ0v) is 17.4. The Hall–Kier alpha value is -2.34. The quantitative estimate of drug-likeness (QED) is 0.579. The van der Waals surface area contributed by atoms with Gasteiger partial charge in [0.05, 0.1) is 4.90 Å². The first-order valence-corrected chi connectivity index (χ1v) is 11.7. The van der Waals surface area contributed by atoms with E-state index in [4.69, 9.17) is 0 Å². The summed E-state index contributed by atoms with van der Waals surface area (Å²) in [6.45, 7) is 1.61. The fraction of sp³-hybridized carbons (Fsp3) is 0.409. The van der Waals surface area contributed by atoms with Crippen molar-refractivity contribution in [1.82, 2.24) is 10.6 Å². The molecule has 0 heterocycles. The van der Waals surface area contributed by atoms with E-state index in [1.807, 2.05) is 12.1 Å². The van der Waals surface area contributed by atoms with Crippen LogP contribution >= 0.6 is 0 Å². The van der Waals surface area contributed by atoms with Crippen LogP contribution in [0.1, 0.15) is 35.4 Å². The van der Waals surface area contributed by atoms with Gasteiger partial charge in [-0.25, -0.2) is 8.42 Å². The van der Waals surface area contributed by atoms with Crippen LogP contribution in [-0.4, -0.2) is 40.8 Å². The highest BCUT2D eigenvalue weighted by atomic mass is 32.2. The molecule has 0 bridgehead atoms. The Morgan fingerprint density at radius 1 is 1.11 bits per heavy atom. The van der Waals surface area contributed by atoms with Crippen molar-refractivity contribution in [2.75, 3.05) is 26.4 Å². The number of aryl methyl sites for hydroxylation is 1. The maximum atomic E-state index is 11.5. The maximum Gasteiger partial charge on any atom is 0.191 e. The number of rotatable bonds is 6. The molecule has 2 aromatic rings. The van der Waals surface area contributed by atoms with Gasteiger partial charge < -0.3 is 10.6 Å². The predicted octanol–water partition coefficient (Wildman–Crippen LogP) is 2.92. The van der Waals surface area contributed by atoms with Crippen LogP contribution in [0.15, 0.2) is 58.4 Å². The highest BCUT2D eigenvalue weighted by Crippen LogP contribution is 2.30. The molecule has 0 saturated carbocycles. The number of guanidine groups is 1. The minimum Gasteiger partial charge on any atom is -0.356 e. The summed E-state index contributed by atoms with van der Waals surface area (Å²) in [5.74, 6) is 1.32. The third-order valence-electron chi connectivity index (χ3n) is 5.29. The molecule has 0 aromatic heterocycles. The Labute approximate surface area is 168 Å². The fourth-order valence-electron chi connectivity index (χ4n) is 3.74. The first kappa shape index (κ1) is 20.4. The number of hydrogen-bond acceptors (Lipinski definition) is 3. The van der Waals surface area contributed by atoms with E-state index in [1.54, 1.807) is 19.2 Å². The largest absolute Gasteiger partial charge is 0.356 e. The molecule has 0 saturated heterocycles. The molecule has 28 heavy (non-hydrogen) atoms. The van der Waals surface area contributed by atoms with Crippen LogP contribution in [-0.2, 0) is 22.7 Å². The van der Waals surface area contributed by atoms with Gasteiger partial charge in [0, 0.05) is 32.3 Å². The summed E-state index contributed by atoms with van der Waals surface area (Å²) < 4.78 is 23.1. The maximum absolute atomic E-state index is 11.5. The van der Waals surface area contributed by atoms with Gasteiger partial charge in [-0.05, 0) is 54.5 Å². The summed E-state index contributed by atoms with van der Waals surface area (Å²) in [6.07, 6.45) is 5.64. The number of sulfone groups is 1. The molecule has 2 N–H and O–H groups in total. The first-order chi connectivity index (χ1) is 13.5. The molecule has 1 atom stereocenters. The fourth-order valence-corrected chi connectivity index (χ4v) is 4.37. The van der Waals surface area contributed by atoms with Crippen molar-refractivity contribution in [3.05, 3.63) is 65.2 Å². The topological polar surface area (TPSA) is 70.6 Å². The molecule has 1 aliphatic carbocycles. The van der Waals surface area contributed by atoms with E-state index in [9.17, 15) is 8.42 Å². The average Bonchev–Trinajstić information content (AvgIpc) is 2.70. The summed E-state index contributed by atoms with van der Waals surface area (Å²) in [4.78, 5) is 4.68. The zero-order chi connectivity index (χ0) is 20.0. The number of nitrogens with zero attached hydrogens (tertiary/aromatic N) is 1. The van der Waals surface area contributed by atoms with Crippen molar-refractivity contribution in [3.8, 4) is 0 Å². The van der Waals surface area contributed by atoms with Crippen LogP contribution < -0.4 is 10.6 Å². The van der Waals surface area contributed by atoms with Gasteiger partial charge in [-0.2, -0.15) is 0 Å². The van der Waals surface area contributed by atoms with Crippen molar-refractivity contribution < 1.29 is 8.42 Å². The standard InChI is InChI=1S/C22H29N3O2S/c1-23-22(24-15-14-17-10-12-20(13-11-17)28(2,26)27)25-16-19-8-5-7-18-6-3-4-9-21(18)19/h3-4,6,9-13,19H,5,7-8,14-16H2,1-2H3,(H2,23,24,25). The molecule has 0 fully saturated rings. The number of aliphatic imine (C=N–C) groups is 1. The number of benzene rings is 2. The van der Waals surface area contributed by atoms with Crippen LogP contribution in [0, 0.1) is 0 Å². The van der Waals surface area contributed by atoms with E-state index in [2.05, 4.69) is 39.9 Å². The van der Waals surface area contributed by atoms with E-state index < -0.39 is 9.84 Å². The Morgan fingerprint density at radius 2 is 1.86 bits per heavy atom. The minimum absolute atomic E-state index is 0.356. The number of nitrogens with one attached hydrogen (secondary N) is 2. The van der Waals surface area contributed by atoms with Gasteiger partial charge in [0.25, 0.3) is 0 Å². The molecule has 1 unspecified atom stereocenters. The summed E-state index contributed by atoms with van der Waals surface area (Å²) in [6, 6.07) is 15.8. The highest BCUT2D eigenvalue weighted by Gasteiger charge is 2.19. The van der Waals surface area contributed by atoms with E-state index in [1.165, 1.54) is 36.6 Å². The van der Waals surface area contributed by atoms with Crippen LogP contribution in [0.3, 0.4) is 0 Å². The summed E-state index contributed by atoms with van der Waals surface area (Å²) in [5, 5.41) is 6.80. The van der Waals surface area contributed by atoms with Crippen LogP contribution in [0.5, 0.6) is 0 Å². The second kappa shape index (κ2) is 9.24. The van der Waals surface area contributed by atoms with Gasteiger partial charge in [-0.1, -0.05) is 36.4 Å². The minimum atomic E-state index is -3.14. The van der Waals surface area contributed by atoms with Gasteiger partial charge in [-0.3, -0.25) is 4.99 Å². The monoisotopic (exact) mass is 399 g/mol. The molecule has 0 spiro atoms. The molecule has 6 heteroatoms. The molecule has 5 nitrogen and oxygen atoms in total. The van der Waals surface area contributed by atoms with E-state index in [0.717, 1.165) is 31.0 Å². The van der Waals surface area contributed by atoms with E-state index >= 15 is 0 Å². The molecule has 0 aliphatic heterocycles. The zero-order valence-electron chi connectivity index (χ0n) is 16.6. The van der Waals surface area contributed by atoms with Gasteiger partial charge in [0.15, 0.2) is 15.8 Å². The lowest BCUT2D eigenvalue weighted by molar-refractivity contribution is 0.540. The Kier molecular flexibility index (Phi) is 6.73. The van der Waals surface area contributed by atoms with Crippen LogP contribution in [0.4, 0.5) is 0 Å². The SMILES string of the molecule is CN=C(NCCc1ccc(S(C)(=O)=O)cc1)NCC1CCCc2ccccc21. The van der Waals surface area contributed by atoms with Crippen molar-refractivity contribution in [2.24, 2.45) is 4.99 Å². The van der Waals surface area contributed by atoms with Crippen molar-refractivity contribution >= 4 is 15.8 Å². The first-order valence-electron chi connectivity index (χ1n) is 9.78. The Balaban J connectivity index is 1.48. The summed E-state index contributed by atoms with van der Waals surface area (Å²) in [7, 11) is -1.36. The van der Waals surface area contributed by atoms with E-state index in [0.29, 0.717) is 10.8 Å². The number of fused-ring (bicyclic) bond motifs is 1. The van der Waals surface area contributed by atoms with Crippen molar-refractivity contribution in [2.45, 2.75) is 36.5 Å². The molecule has 0 radical (unpaired) electrons. The normalized spacial score (nSPS) is 17.1. The second-order valence-corrected chi connectivity index (χ2v) is 9.35. The van der Waals surface area contributed by atoms with Gasteiger partial charge in [-0.15, -0.1) is 0 Å². The van der Waals surface area contributed by atoms with Gasteiger partial charge in [0.2, 0.25) is 0 Å². The van der Waals surface area contributed by atoms with Gasteiger partial charge >= 0.3 is 0 Å². The van der Waals surface area contributed by atoms with Crippen LogP contribution in [0.25, 0.3) is 0 Å². The highest BCUT2D eigenvalue weighted by molar-refractivity contribution is 7.90. The third kappa shape index (κ3) is 5.35. The molecular formula is C22H29N3O2S. The lowest BCUT2D eigenvalue weighted by atomic mass is 9.83.